The van der Waals surface area contributed by atoms with Crippen LogP contribution in [0.3, 0.4) is 0 Å². The van der Waals surface area contributed by atoms with Gasteiger partial charge in [-0.05, 0) is 23.5 Å². The van der Waals surface area contributed by atoms with E-state index in [0.29, 0.717) is 5.41 Å². The van der Waals surface area contributed by atoms with Gasteiger partial charge in [0.05, 0.1) is 0 Å². The lowest BCUT2D eigenvalue weighted by Crippen LogP contribution is -2.33. The smallest absolute Gasteiger partial charge is 0.0443 e. The highest BCUT2D eigenvalue weighted by Crippen LogP contribution is 2.17. The predicted molar refractivity (Wildman–Crippen MR) is 67.2 cm³/mol. The topological polar surface area (TPSA) is 39.3 Å². The average molecular weight is 224 g/mol. The molecule has 0 spiro atoms. The summed E-state index contributed by atoms with van der Waals surface area (Å²) in [4.78, 5) is 5.48. The third-order valence-electron chi connectivity index (χ3n) is 2.40. The van der Waals surface area contributed by atoms with Crippen LogP contribution in [0.4, 0.5) is 0 Å². The van der Waals surface area contributed by atoms with Crippen molar-refractivity contribution in [2.45, 2.75) is 33.7 Å². The summed E-state index contributed by atoms with van der Waals surface area (Å²) in [6.07, 6.45) is 4.84. The van der Waals surface area contributed by atoms with Crippen molar-refractivity contribution in [2.24, 2.45) is 5.41 Å². The number of aliphatic hydroxyl groups is 1. The van der Waals surface area contributed by atoms with Crippen molar-refractivity contribution >= 4 is 0 Å². The van der Waals surface area contributed by atoms with Crippen LogP contribution in [-0.2, 0) is 6.54 Å². The van der Waals surface area contributed by atoms with Gasteiger partial charge in [0.2, 0.25) is 0 Å². The van der Waals surface area contributed by atoms with E-state index in [0.717, 1.165) is 26.1 Å². The normalized spacial score (nSPS) is 12.3. The number of hydrogen-bond acceptors (Lipinski definition) is 2. The lowest BCUT2D eigenvalue weighted by atomic mass is 9.96. The highest BCUT2D eigenvalue weighted by molar-refractivity contribution is 5.07. The minimum atomic E-state index is 0.272. The van der Waals surface area contributed by atoms with Crippen LogP contribution < -0.4 is 0 Å². The minimum Gasteiger partial charge on any atom is -0.396 e. The van der Waals surface area contributed by atoms with Crippen LogP contribution in [0.15, 0.2) is 18.5 Å². The Bertz CT molecular complexity index is 275. The first kappa shape index (κ1) is 13.3. The van der Waals surface area contributed by atoms with Crippen LogP contribution in [0.5, 0.6) is 0 Å². The fourth-order valence-corrected chi connectivity index (χ4v) is 1.89. The molecule has 0 aliphatic carbocycles. The third-order valence-corrected chi connectivity index (χ3v) is 2.40. The minimum absolute atomic E-state index is 0.272. The standard InChI is InChI=1S/C13H24N2O/c1-13(2,3)11-15(7-4-8-16)10-12-5-6-14-9-12/h5-6,9,14,16H,4,7-8,10-11H2,1-3H3. The summed E-state index contributed by atoms with van der Waals surface area (Å²) in [6.45, 7) is 9.98. The molecule has 1 rings (SSSR count). The Balaban J connectivity index is 2.50. The molecule has 0 saturated carbocycles. The Morgan fingerprint density at radius 3 is 2.62 bits per heavy atom. The molecule has 0 fully saturated rings. The molecule has 0 bridgehead atoms. The van der Waals surface area contributed by atoms with E-state index in [2.05, 4.69) is 36.7 Å². The lowest BCUT2D eigenvalue weighted by Gasteiger charge is -2.29. The molecule has 0 aliphatic heterocycles. The molecule has 0 aromatic carbocycles. The Kier molecular flexibility index (Phi) is 5.03. The van der Waals surface area contributed by atoms with E-state index in [1.54, 1.807) is 0 Å². The number of H-pyrrole nitrogens is 1. The molecule has 16 heavy (non-hydrogen) atoms. The maximum atomic E-state index is 8.91. The summed E-state index contributed by atoms with van der Waals surface area (Å²) >= 11 is 0. The monoisotopic (exact) mass is 224 g/mol. The summed E-state index contributed by atoms with van der Waals surface area (Å²) < 4.78 is 0. The number of nitrogens with one attached hydrogen (secondary N) is 1. The first-order valence-corrected chi connectivity index (χ1v) is 5.96. The fraction of sp³-hybridized carbons (Fsp3) is 0.692. The van der Waals surface area contributed by atoms with Gasteiger partial charge in [-0.1, -0.05) is 20.8 Å². The highest BCUT2D eigenvalue weighted by atomic mass is 16.3. The van der Waals surface area contributed by atoms with Crippen molar-refractivity contribution in [1.29, 1.82) is 0 Å². The maximum absolute atomic E-state index is 8.91. The van der Waals surface area contributed by atoms with E-state index in [1.165, 1.54) is 5.56 Å². The van der Waals surface area contributed by atoms with Crippen molar-refractivity contribution in [3.8, 4) is 0 Å². The molecule has 0 atom stereocenters. The lowest BCUT2D eigenvalue weighted by molar-refractivity contribution is 0.166. The van der Waals surface area contributed by atoms with Crippen LogP contribution >= 0.6 is 0 Å². The van der Waals surface area contributed by atoms with Crippen molar-refractivity contribution in [3.05, 3.63) is 24.0 Å². The third kappa shape index (κ3) is 5.33. The number of aliphatic hydroxyl groups excluding tert-OH is 1. The Labute approximate surface area is 98.5 Å². The van der Waals surface area contributed by atoms with Gasteiger partial charge in [0, 0.05) is 38.6 Å². The quantitative estimate of drug-likeness (QED) is 0.778. The van der Waals surface area contributed by atoms with Gasteiger partial charge in [-0.15, -0.1) is 0 Å². The van der Waals surface area contributed by atoms with E-state index in [1.807, 2.05) is 12.4 Å². The zero-order chi connectivity index (χ0) is 12.0. The van der Waals surface area contributed by atoms with Gasteiger partial charge in [0.1, 0.15) is 0 Å². The van der Waals surface area contributed by atoms with Crippen LogP contribution in [0.25, 0.3) is 0 Å². The van der Waals surface area contributed by atoms with Gasteiger partial charge < -0.3 is 10.1 Å². The molecule has 3 heteroatoms. The van der Waals surface area contributed by atoms with E-state index >= 15 is 0 Å². The molecule has 0 saturated heterocycles. The summed E-state index contributed by atoms with van der Waals surface area (Å²) in [5.74, 6) is 0. The summed E-state index contributed by atoms with van der Waals surface area (Å²) in [6, 6.07) is 2.11. The second-order valence-electron chi connectivity index (χ2n) is 5.57. The SMILES string of the molecule is CC(C)(C)CN(CCCO)Cc1cc[nH]c1. The predicted octanol–water partition coefficient (Wildman–Crippen LogP) is 2.25. The molecule has 0 unspecified atom stereocenters. The van der Waals surface area contributed by atoms with Crippen LogP contribution in [-0.4, -0.2) is 34.7 Å². The first-order chi connectivity index (χ1) is 7.51. The molecule has 1 heterocycles. The number of nitrogens with zero attached hydrogens (tertiary/aromatic N) is 1. The highest BCUT2D eigenvalue weighted by Gasteiger charge is 2.16. The van der Waals surface area contributed by atoms with Crippen molar-refractivity contribution in [3.63, 3.8) is 0 Å². The van der Waals surface area contributed by atoms with Gasteiger partial charge in [0.25, 0.3) is 0 Å². The maximum Gasteiger partial charge on any atom is 0.0443 e. The molecule has 1 aromatic rings. The van der Waals surface area contributed by atoms with Crippen molar-refractivity contribution < 1.29 is 5.11 Å². The number of hydrogen-bond donors (Lipinski definition) is 2. The molecule has 3 nitrogen and oxygen atoms in total. The van der Waals surface area contributed by atoms with Gasteiger partial charge in [0.15, 0.2) is 0 Å². The fourth-order valence-electron chi connectivity index (χ4n) is 1.89. The van der Waals surface area contributed by atoms with Gasteiger partial charge in [-0.3, -0.25) is 4.90 Å². The summed E-state index contributed by atoms with van der Waals surface area (Å²) in [5.41, 5.74) is 1.60. The van der Waals surface area contributed by atoms with E-state index in [4.69, 9.17) is 5.11 Å². The zero-order valence-corrected chi connectivity index (χ0v) is 10.7. The van der Waals surface area contributed by atoms with Crippen LogP contribution in [0.2, 0.25) is 0 Å². The molecule has 0 radical (unpaired) electrons. The van der Waals surface area contributed by atoms with Crippen LogP contribution in [0, 0.1) is 5.41 Å². The van der Waals surface area contributed by atoms with Gasteiger partial charge in [-0.25, -0.2) is 0 Å². The Hall–Kier alpha value is -0.800. The second kappa shape index (κ2) is 6.06. The Morgan fingerprint density at radius 2 is 2.12 bits per heavy atom. The summed E-state index contributed by atoms with van der Waals surface area (Å²) in [5, 5.41) is 8.91. The summed E-state index contributed by atoms with van der Waals surface area (Å²) in [7, 11) is 0. The van der Waals surface area contributed by atoms with Gasteiger partial charge in [-0.2, -0.15) is 0 Å². The molecule has 92 valence electrons. The van der Waals surface area contributed by atoms with Gasteiger partial charge >= 0.3 is 0 Å². The van der Waals surface area contributed by atoms with Crippen molar-refractivity contribution in [1.82, 2.24) is 9.88 Å². The average Bonchev–Trinajstić information content (AvgIpc) is 2.64. The largest absolute Gasteiger partial charge is 0.396 e. The molecular weight excluding hydrogens is 200 g/mol. The Morgan fingerprint density at radius 1 is 1.38 bits per heavy atom. The van der Waals surface area contributed by atoms with E-state index < -0.39 is 0 Å². The molecule has 2 N–H and O–H groups in total. The first-order valence-electron chi connectivity index (χ1n) is 5.96. The van der Waals surface area contributed by atoms with E-state index in [9.17, 15) is 0 Å². The zero-order valence-electron chi connectivity index (χ0n) is 10.7. The second-order valence-corrected chi connectivity index (χ2v) is 5.57. The van der Waals surface area contributed by atoms with Crippen LogP contribution in [0.1, 0.15) is 32.8 Å². The van der Waals surface area contributed by atoms with Crippen molar-refractivity contribution in [2.75, 3.05) is 19.7 Å². The van der Waals surface area contributed by atoms with E-state index in [-0.39, 0.29) is 6.61 Å². The molecule has 0 aliphatic rings. The molecule has 0 amide bonds. The number of rotatable bonds is 6. The number of aromatic amines is 1. The molecule has 1 aromatic heterocycles. The number of aromatic nitrogens is 1. The molecular formula is C13H24N2O.